The molecule has 11 heteroatoms. The summed E-state index contributed by atoms with van der Waals surface area (Å²) in [4.78, 5) is 13.0. The van der Waals surface area contributed by atoms with E-state index in [1.54, 1.807) is 6.92 Å². The quantitative estimate of drug-likeness (QED) is 0.196. The van der Waals surface area contributed by atoms with Gasteiger partial charge in [0.2, 0.25) is 5.79 Å². The van der Waals surface area contributed by atoms with Gasteiger partial charge in [-0.3, -0.25) is 4.79 Å². The third-order valence-corrected chi connectivity index (χ3v) is 17.4. The van der Waals surface area contributed by atoms with Crippen LogP contribution in [0.25, 0.3) is 0 Å². The molecule has 9 fully saturated rings. The predicted molar refractivity (Wildman–Crippen MR) is 172 cm³/mol. The van der Waals surface area contributed by atoms with Crippen LogP contribution in [0.2, 0.25) is 0 Å². The van der Waals surface area contributed by atoms with Crippen molar-refractivity contribution in [3.8, 4) is 0 Å². The highest BCUT2D eigenvalue weighted by Crippen LogP contribution is 2.92. The molecular formula is C38H58O11. The van der Waals surface area contributed by atoms with E-state index in [4.69, 9.17) is 28.4 Å². The van der Waals surface area contributed by atoms with Gasteiger partial charge in [-0.2, -0.15) is 0 Å². The fraction of sp³-hybridized carbons (Fsp3) is 0.974. The molecule has 0 bridgehead atoms. The first kappa shape index (κ1) is 33.9. The molecule has 5 aliphatic carbocycles. The summed E-state index contributed by atoms with van der Waals surface area (Å²) in [6.45, 7) is 17.6. The summed E-state index contributed by atoms with van der Waals surface area (Å²) >= 11 is 0. The van der Waals surface area contributed by atoms with Crippen LogP contribution >= 0.6 is 0 Å². The van der Waals surface area contributed by atoms with Gasteiger partial charge in [0.05, 0.1) is 18.8 Å². The minimum Gasteiger partial charge on any atom is -0.462 e. The molecule has 9 aliphatic rings. The maximum Gasteiger partial charge on any atom is 0.302 e. The van der Waals surface area contributed by atoms with E-state index in [0.717, 1.165) is 38.5 Å². The van der Waals surface area contributed by atoms with Crippen molar-refractivity contribution in [3.05, 3.63) is 0 Å². The highest BCUT2D eigenvalue weighted by atomic mass is 16.8. The molecule has 0 aromatic rings. The first-order valence-corrected chi connectivity index (χ1v) is 19.0. The summed E-state index contributed by atoms with van der Waals surface area (Å²) in [6.07, 6.45) is -0.365. The van der Waals surface area contributed by atoms with Gasteiger partial charge < -0.3 is 48.8 Å². The number of ether oxygens (including phenoxy) is 6. The van der Waals surface area contributed by atoms with Crippen molar-refractivity contribution in [3.63, 3.8) is 0 Å². The van der Waals surface area contributed by atoms with Gasteiger partial charge in [0.25, 0.3) is 0 Å². The molecule has 20 atom stereocenters. The average Bonchev–Trinajstić information content (AvgIpc) is 3.80. The van der Waals surface area contributed by atoms with E-state index in [-0.39, 0.29) is 75.9 Å². The van der Waals surface area contributed by atoms with Crippen molar-refractivity contribution in [2.24, 2.45) is 56.7 Å². The van der Waals surface area contributed by atoms with Crippen LogP contribution < -0.4 is 0 Å². The Kier molecular flexibility index (Phi) is 6.92. The van der Waals surface area contributed by atoms with Gasteiger partial charge in [0.15, 0.2) is 12.6 Å². The molecule has 0 aromatic carbocycles. The average molecular weight is 691 g/mol. The maximum atomic E-state index is 13.0. The highest BCUT2D eigenvalue weighted by Gasteiger charge is 2.89. The Bertz CT molecular complexity index is 1420. The minimum absolute atomic E-state index is 0.000335. The Morgan fingerprint density at radius 1 is 0.816 bits per heavy atom. The molecule has 0 aromatic heterocycles. The van der Waals surface area contributed by atoms with Gasteiger partial charge in [0, 0.05) is 18.8 Å². The topological polar surface area (TPSA) is 157 Å². The number of epoxide rings is 1. The molecule has 3 spiro atoms. The Hall–Kier alpha value is -0.890. The van der Waals surface area contributed by atoms with Crippen molar-refractivity contribution in [2.75, 3.05) is 6.61 Å². The molecule has 9 rings (SSSR count). The monoisotopic (exact) mass is 690 g/mol. The highest BCUT2D eigenvalue weighted by molar-refractivity contribution is 5.66. The van der Waals surface area contributed by atoms with Gasteiger partial charge in [-0.15, -0.1) is 0 Å². The molecule has 11 nitrogen and oxygen atoms in total. The number of aliphatic hydroxyl groups excluding tert-OH is 4. The fourth-order valence-corrected chi connectivity index (χ4v) is 15.3. The molecule has 4 saturated heterocycles. The number of hydrogen-bond donors (Lipinski definition) is 4. The van der Waals surface area contributed by atoms with E-state index in [2.05, 4.69) is 41.5 Å². The summed E-state index contributed by atoms with van der Waals surface area (Å²) < 4.78 is 38.1. The van der Waals surface area contributed by atoms with Crippen LogP contribution in [0.15, 0.2) is 0 Å². The van der Waals surface area contributed by atoms with Gasteiger partial charge in [-0.25, -0.2) is 0 Å². The number of esters is 1. The van der Waals surface area contributed by atoms with E-state index in [0.29, 0.717) is 24.2 Å². The van der Waals surface area contributed by atoms with Crippen LogP contribution in [0.1, 0.15) is 100 Å². The van der Waals surface area contributed by atoms with Gasteiger partial charge in [-0.05, 0) is 96.7 Å². The zero-order valence-corrected chi connectivity index (χ0v) is 30.4. The van der Waals surface area contributed by atoms with E-state index in [9.17, 15) is 25.2 Å². The molecule has 0 radical (unpaired) electrons. The summed E-state index contributed by atoms with van der Waals surface area (Å²) in [7, 11) is 0. The Labute approximate surface area is 289 Å². The first-order chi connectivity index (χ1) is 22.8. The lowest BCUT2D eigenvalue weighted by molar-refractivity contribution is -0.346. The number of carbonyl (C=O) groups is 1. The molecule has 4 N–H and O–H groups in total. The van der Waals surface area contributed by atoms with Crippen LogP contribution in [0, 0.1) is 56.7 Å². The lowest BCUT2D eigenvalue weighted by atomic mass is 9.41. The molecule has 0 amide bonds. The van der Waals surface area contributed by atoms with Crippen molar-refractivity contribution >= 4 is 5.97 Å². The second-order valence-corrected chi connectivity index (χ2v) is 19.3. The molecule has 7 unspecified atom stereocenters. The van der Waals surface area contributed by atoms with Crippen molar-refractivity contribution in [2.45, 2.75) is 167 Å². The third-order valence-electron chi connectivity index (χ3n) is 17.4. The third kappa shape index (κ3) is 3.79. The molecule has 49 heavy (non-hydrogen) atoms. The van der Waals surface area contributed by atoms with Crippen molar-refractivity contribution in [1.82, 2.24) is 0 Å². The fourth-order valence-electron chi connectivity index (χ4n) is 15.3. The number of carbonyl (C=O) groups excluding carboxylic acids is 1. The van der Waals surface area contributed by atoms with Crippen LogP contribution in [0.3, 0.4) is 0 Å². The molecule has 4 aliphatic heterocycles. The Morgan fingerprint density at radius 2 is 1.53 bits per heavy atom. The van der Waals surface area contributed by atoms with E-state index < -0.39 is 42.3 Å². The van der Waals surface area contributed by atoms with Crippen molar-refractivity contribution in [1.29, 1.82) is 0 Å². The molecule has 4 heterocycles. The second kappa shape index (κ2) is 9.99. The first-order valence-electron chi connectivity index (χ1n) is 19.0. The zero-order valence-electron chi connectivity index (χ0n) is 30.4. The van der Waals surface area contributed by atoms with Crippen LogP contribution in [-0.2, 0) is 33.2 Å². The van der Waals surface area contributed by atoms with Gasteiger partial charge >= 0.3 is 5.97 Å². The number of aliphatic hydroxyl groups is 4. The minimum atomic E-state index is -1.31. The van der Waals surface area contributed by atoms with E-state index in [1.807, 2.05) is 6.92 Å². The standard InChI is InChI=1S/C38H58O11/c1-17-13-38(30-35(8,48-30)31(43)49-38)47-21-14-33(6)23-10-9-22-32(4,5)24(46-29-28(42)27(41)20(40)16-44-29)11-12-36(22)18(2)37(23,36)15-25(45-19(3)39)34(33,7)26(17)21/h17-18,20-31,40-43H,9-16H2,1-8H3/t17-,18-,20-,21?,22+,23+,24+,25-,26+,27?,28?,29+,30?,31?,33+,34-,35?,36-,37+,38?/m1/s1. The summed E-state index contributed by atoms with van der Waals surface area (Å²) in [5.41, 5.74) is -1.37. The van der Waals surface area contributed by atoms with Crippen molar-refractivity contribution < 1.29 is 53.6 Å². The smallest absolute Gasteiger partial charge is 0.302 e. The maximum absolute atomic E-state index is 13.0. The number of hydrogen-bond acceptors (Lipinski definition) is 11. The Morgan fingerprint density at radius 3 is 2.18 bits per heavy atom. The molecular weight excluding hydrogens is 632 g/mol. The molecule has 5 saturated carbocycles. The molecule has 276 valence electrons. The largest absolute Gasteiger partial charge is 0.462 e. The van der Waals surface area contributed by atoms with E-state index >= 15 is 0 Å². The van der Waals surface area contributed by atoms with Crippen LogP contribution in [-0.4, -0.2) is 99.7 Å². The normalized spacial score (nSPS) is 63.8. The zero-order chi connectivity index (χ0) is 35.1. The summed E-state index contributed by atoms with van der Waals surface area (Å²) in [5.74, 6) is 0.395. The second-order valence-electron chi connectivity index (χ2n) is 19.3. The number of fused-ring (bicyclic) bond motifs is 6. The predicted octanol–water partition coefficient (Wildman–Crippen LogP) is 3.27. The number of rotatable bonds is 3. The SMILES string of the molecule is CC(=O)O[C@@H]1C[C@@]23[C@H](C)[C@@]24CC[C@H](O[C@@H]2OC[C@@H](O)C(O)C2O)C(C)(C)[C@@H]4CC[C@H]3[C@]2(C)CC3OC4(C[C@@H](C)[C@@H]3[C@@]12C)OC(O)C1(C)OC41. The lowest BCUT2D eigenvalue weighted by Crippen LogP contribution is -2.64. The van der Waals surface area contributed by atoms with Crippen LogP contribution in [0.5, 0.6) is 0 Å². The summed E-state index contributed by atoms with van der Waals surface area (Å²) in [5, 5.41) is 41.8. The van der Waals surface area contributed by atoms with Gasteiger partial charge in [-0.1, -0.05) is 41.5 Å². The van der Waals surface area contributed by atoms with Crippen LogP contribution in [0.4, 0.5) is 0 Å². The van der Waals surface area contributed by atoms with E-state index in [1.165, 1.54) is 0 Å². The lowest BCUT2D eigenvalue weighted by Gasteiger charge is -2.65. The Balaban J connectivity index is 1.05. The summed E-state index contributed by atoms with van der Waals surface area (Å²) in [6, 6.07) is 0. The van der Waals surface area contributed by atoms with Gasteiger partial charge in [0.1, 0.15) is 36.1 Å².